The third-order valence-corrected chi connectivity index (χ3v) is 1.89. The van der Waals surface area contributed by atoms with Crippen LogP contribution in [0.5, 0.6) is 0 Å². The third-order valence-electron chi connectivity index (χ3n) is 1.89. The van der Waals surface area contributed by atoms with E-state index in [0.717, 1.165) is 6.07 Å². The van der Waals surface area contributed by atoms with Gasteiger partial charge in [-0.25, -0.2) is 4.79 Å². The van der Waals surface area contributed by atoms with Gasteiger partial charge in [0.05, 0.1) is 5.56 Å². The second kappa shape index (κ2) is 3.29. The molecule has 0 saturated heterocycles. The largest absolute Gasteiger partial charge is 0.478 e. The quantitative estimate of drug-likeness (QED) is 0.734. The van der Waals surface area contributed by atoms with Gasteiger partial charge in [0.2, 0.25) is 0 Å². The molecule has 4 heteroatoms. The number of aromatic nitrogens is 1. The van der Waals surface area contributed by atoms with E-state index in [0.29, 0.717) is 0 Å². The standard InChI is InChI=1S/C10H13NO3/c1-10(2,3)11-5-4-7(9(13)14)6-8(11)12/h4-6H,1-3H3,(H,13,14). The van der Waals surface area contributed by atoms with Gasteiger partial charge in [-0.2, -0.15) is 0 Å². The maximum absolute atomic E-state index is 11.5. The summed E-state index contributed by atoms with van der Waals surface area (Å²) in [5, 5.41) is 8.65. The monoisotopic (exact) mass is 195 g/mol. The number of carbonyl (C=O) groups is 1. The molecule has 1 aromatic rings. The normalized spacial score (nSPS) is 11.4. The highest BCUT2D eigenvalue weighted by Gasteiger charge is 2.15. The fourth-order valence-electron chi connectivity index (χ4n) is 1.17. The zero-order chi connectivity index (χ0) is 10.9. The number of carboxylic acids is 1. The average molecular weight is 195 g/mol. The van der Waals surface area contributed by atoms with Crippen LogP contribution in [0.4, 0.5) is 0 Å². The van der Waals surface area contributed by atoms with Crippen LogP contribution in [0.3, 0.4) is 0 Å². The minimum Gasteiger partial charge on any atom is -0.478 e. The molecule has 0 saturated carbocycles. The van der Waals surface area contributed by atoms with Gasteiger partial charge in [0.15, 0.2) is 0 Å². The first-order valence-electron chi connectivity index (χ1n) is 4.29. The van der Waals surface area contributed by atoms with Crippen molar-refractivity contribution in [2.24, 2.45) is 0 Å². The highest BCUT2D eigenvalue weighted by Crippen LogP contribution is 2.10. The summed E-state index contributed by atoms with van der Waals surface area (Å²) >= 11 is 0. The number of rotatable bonds is 1. The van der Waals surface area contributed by atoms with Crippen LogP contribution in [0.1, 0.15) is 31.1 Å². The molecule has 0 fully saturated rings. The minimum absolute atomic E-state index is 0.0236. The highest BCUT2D eigenvalue weighted by molar-refractivity contribution is 5.87. The Kier molecular flexibility index (Phi) is 2.47. The molecule has 1 aromatic heterocycles. The average Bonchev–Trinajstić information content (AvgIpc) is 2.01. The van der Waals surface area contributed by atoms with Gasteiger partial charge in [-0.15, -0.1) is 0 Å². The SMILES string of the molecule is CC(C)(C)n1ccc(C(=O)O)cc1=O. The van der Waals surface area contributed by atoms with E-state index >= 15 is 0 Å². The summed E-state index contributed by atoms with van der Waals surface area (Å²) in [5.41, 5.74) is -0.596. The molecule has 0 bridgehead atoms. The van der Waals surface area contributed by atoms with Crippen molar-refractivity contribution in [3.05, 3.63) is 34.2 Å². The van der Waals surface area contributed by atoms with Gasteiger partial charge in [0.1, 0.15) is 0 Å². The molecule has 1 rings (SSSR count). The lowest BCUT2D eigenvalue weighted by Gasteiger charge is -2.21. The number of carboxylic acid groups (broad SMARTS) is 1. The Morgan fingerprint density at radius 2 is 2.00 bits per heavy atom. The van der Waals surface area contributed by atoms with Crippen molar-refractivity contribution in [3.63, 3.8) is 0 Å². The summed E-state index contributed by atoms with van der Waals surface area (Å²) < 4.78 is 1.50. The first-order chi connectivity index (χ1) is 6.32. The molecular weight excluding hydrogens is 182 g/mol. The zero-order valence-electron chi connectivity index (χ0n) is 8.44. The van der Waals surface area contributed by atoms with E-state index < -0.39 is 5.97 Å². The topological polar surface area (TPSA) is 59.3 Å². The summed E-state index contributed by atoms with van der Waals surface area (Å²) in [6.45, 7) is 5.65. The molecule has 0 amide bonds. The molecule has 76 valence electrons. The summed E-state index contributed by atoms with van der Waals surface area (Å²) in [7, 11) is 0. The fraction of sp³-hybridized carbons (Fsp3) is 0.400. The number of aromatic carboxylic acids is 1. The predicted molar refractivity (Wildman–Crippen MR) is 52.7 cm³/mol. The molecule has 0 spiro atoms. The van der Waals surface area contributed by atoms with Gasteiger partial charge >= 0.3 is 5.97 Å². The van der Waals surface area contributed by atoms with E-state index in [4.69, 9.17) is 5.11 Å². The van der Waals surface area contributed by atoms with Gasteiger partial charge < -0.3 is 9.67 Å². The second-order valence-corrected chi connectivity index (χ2v) is 4.10. The van der Waals surface area contributed by atoms with Crippen molar-refractivity contribution in [1.82, 2.24) is 4.57 Å². The van der Waals surface area contributed by atoms with Gasteiger partial charge in [-0.05, 0) is 26.8 Å². The smallest absolute Gasteiger partial charge is 0.335 e. The van der Waals surface area contributed by atoms with Gasteiger partial charge in [-0.1, -0.05) is 0 Å². The third kappa shape index (κ3) is 2.02. The molecule has 0 atom stereocenters. The molecule has 0 aliphatic rings. The Hall–Kier alpha value is -1.58. The van der Waals surface area contributed by atoms with E-state index in [2.05, 4.69) is 0 Å². The predicted octanol–water partition coefficient (Wildman–Crippen LogP) is 1.30. The van der Waals surface area contributed by atoms with Gasteiger partial charge in [0, 0.05) is 17.8 Å². The Morgan fingerprint density at radius 3 is 2.36 bits per heavy atom. The van der Waals surface area contributed by atoms with E-state index in [9.17, 15) is 9.59 Å². The molecule has 4 nitrogen and oxygen atoms in total. The first-order valence-corrected chi connectivity index (χ1v) is 4.29. The van der Waals surface area contributed by atoms with Crippen LogP contribution in [0.15, 0.2) is 23.1 Å². The van der Waals surface area contributed by atoms with Crippen molar-refractivity contribution in [2.75, 3.05) is 0 Å². The number of hydrogen-bond donors (Lipinski definition) is 1. The van der Waals surface area contributed by atoms with Crippen molar-refractivity contribution in [3.8, 4) is 0 Å². The number of hydrogen-bond acceptors (Lipinski definition) is 2. The molecule has 14 heavy (non-hydrogen) atoms. The summed E-state index contributed by atoms with van der Waals surface area (Å²) in [5.74, 6) is -1.08. The molecular formula is C10H13NO3. The molecule has 0 aliphatic carbocycles. The minimum atomic E-state index is -1.08. The molecule has 0 aliphatic heterocycles. The van der Waals surface area contributed by atoms with Crippen LogP contribution < -0.4 is 5.56 Å². The van der Waals surface area contributed by atoms with E-state index in [-0.39, 0.29) is 16.7 Å². The Morgan fingerprint density at radius 1 is 1.43 bits per heavy atom. The Labute approximate surface area is 81.8 Å². The maximum atomic E-state index is 11.5. The van der Waals surface area contributed by atoms with E-state index in [1.54, 1.807) is 0 Å². The molecule has 0 aromatic carbocycles. The van der Waals surface area contributed by atoms with E-state index in [1.165, 1.54) is 16.8 Å². The molecule has 0 unspecified atom stereocenters. The number of pyridine rings is 1. The maximum Gasteiger partial charge on any atom is 0.335 e. The van der Waals surface area contributed by atoms with Gasteiger partial charge in [0.25, 0.3) is 5.56 Å². The van der Waals surface area contributed by atoms with Crippen molar-refractivity contribution < 1.29 is 9.90 Å². The van der Waals surface area contributed by atoms with Crippen LogP contribution in [-0.4, -0.2) is 15.6 Å². The summed E-state index contributed by atoms with van der Waals surface area (Å²) in [4.78, 5) is 22.1. The van der Waals surface area contributed by atoms with Crippen LogP contribution >= 0.6 is 0 Å². The van der Waals surface area contributed by atoms with Crippen molar-refractivity contribution >= 4 is 5.97 Å². The fourth-order valence-corrected chi connectivity index (χ4v) is 1.17. The van der Waals surface area contributed by atoms with Gasteiger partial charge in [-0.3, -0.25) is 4.79 Å². The van der Waals surface area contributed by atoms with Crippen molar-refractivity contribution in [1.29, 1.82) is 0 Å². The lowest BCUT2D eigenvalue weighted by Crippen LogP contribution is -2.33. The number of nitrogens with zero attached hydrogens (tertiary/aromatic N) is 1. The Balaban J connectivity index is 3.29. The van der Waals surface area contributed by atoms with E-state index in [1.807, 2.05) is 20.8 Å². The second-order valence-electron chi connectivity index (χ2n) is 4.10. The van der Waals surface area contributed by atoms with Crippen LogP contribution in [0.25, 0.3) is 0 Å². The van der Waals surface area contributed by atoms with Crippen LogP contribution in [-0.2, 0) is 5.54 Å². The summed E-state index contributed by atoms with van der Waals surface area (Å²) in [6.07, 6.45) is 1.51. The molecule has 1 heterocycles. The van der Waals surface area contributed by atoms with Crippen LogP contribution in [0, 0.1) is 0 Å². The zero-order valence-corrected chi connectivity index (χ0v) is 8.44. The molecule has 0 radical (unpaired) electrons. The molecule has 1 N–H and O–H groups in total. The highest BCUT2D eigenvalue weighted by atomic mass is 16.4. The first kappa shape index (κ1) is 10.5. The Bertz CT molecular complexity index is 412. The lowest BCUT2D eigenvalue weighted by molar-refractivity contribution is 0.0696. The van der Waals surface area contributed by atoms with Crippen molar-refractivity contribution in [2.45, 2.75) is 26.3 Å². The lowest BCUT2D eigenvalue weighted by atomic mass is 10.1. The van der Waals surface area contributed by atoms with Crippen LogP contribution in [0.2, 0.25) is 0 Å². The summed E-state index contributed by atoms with van der Waals surface area (Å²) in [6, 6.07) is 2.56.